The maximum absolute atomic E-state index is 9.52. The molecule has 1 aliphatic rings. The van der Waals surface area contributed by atoms with Crippen molar-refractivity contribution in [2.75, 3.05) is 0 Å². The zero-order valence-electron chi connectivity index (χ0n) is 14.0. The third-order valence-corrected chi connectivity index (χ3v) is 5.16. The predicted molar refractivity (Wildman–Crippen MR) is 91.0 cm³/mol. The number of rotatable bonds is 4. The number of hydrogen-bond donors (Lipinski definition) is 1. The summed E-state index contributed by atoms with van der Waals surface area (Å²) in [6.07, 6.45) is 4.59. The van der Waals surface area contributed by atoms with Gasteiger partial charge >= 0.3 is 0 Å². The largest absolute Gasteiger partial charge is 0.349 e. The van der Waals surface area contributed by atoms with Gasteiger partial charge in [-0.2, -0.15) is 5.26 Å². The minimum absolute atomic E-state index is 0.774. The fourth-order valence-electron chi connectivity index (χ4n) is 3.32. The van der Waals surface area contributed by atoms with Gasteiger partial charge in [-0.05, 0) is 80.2 Å². The van der Waals surface area contributed by atoms with E-state index in [0.29, 0.717) is 0 Å². The molecular weight excluding hydrogens is 268 g/mol. The van der Waals surface area contributed by atoms with Gasteiger partial charge in [-0.3, -0.25) is 0 Å². The lowest BCUT2D eigenvalue weighted by Gasteiger charge is -2.14. The Morgan fingerprint density at radius 3 is 2.50 bits per heavy atom. The Morgan fingerprint density at radius 2 is 1.91 bits per heavy atom. The van der Waals surface area contributed by atoms with E-state index in [1.54, 1.807) is 0 Å². The van der Waals surface area contributed by atoms with Gasteiger partial charge < -0.3 is 4.98 Å². The van der Waals surface area contributed by atoms with E-state index < -0.39 is 0 Å². The van der Waals surface area contributed by atoms with Crippen LogP contribution < -0.4 is 0 Å². The average Bonchev–Trinajstić information content (AvgIpc) is 3.26. The molecule has 2 heteroatoms. The van der Waals surface area contributed by atoms with E-state index >= 15 is 0 Å². The van der Waals surface area contributed by atoms with Crippen LogP contribution in [0.15, 0.2) is 12.1 Å². The second kappa shape index (κ2) is 5.65. The van der Waals surface area contributed by atoms with E-state index in [9.17, 15) is 5.26 Å². The topological polar surface area (TPSA) is 39.6 Å². The fraction of sp³-hybridized carbons (Fsp3) is 0.450. The smallest absolute Gasteiger partial charge is 0.121 e. The molecule has 0 saturated heterocycles. The highest BCUT2D eigenvalue weighted by Crippen LogP contribution is 2.40. The van der Waals surface area contributed by atoms with Crippen LogP contribution in [0.3, 0.4) is 0 Å². The van der Waals surface area contributed by atoms with E-state index in [1.165, 1.54) is 51.9 Å². The van der Waals surface area contributed by atoms with E-state index in [0.717, 1.165) is 24.5 Å². The minimum Gasteiger partial charge on any atom is -0.349 e. The zero-order valence-corrected chi connectivity index (χ0v) is 14.0. The third-order valence-electron chi connectivity index (χ3n) is 5.16. The maximum Gasteiger partial charge on any atom is 0.121 e. The lowest BCUT2D eigenvalue weighted by molar-refractivity contribution is 0.832. The molecule has 1 fully saturated rings. The summed E-state index contributed by atoms with van der Waals surface area (Å²) in [6.45, 7) is 8.72. The van der Waals surface area contributed by atoms with Gasteiger partial charge in [-0.25, -0.2) is 0 Å². The Hall–Kier alpha value is -2.01. The maximum atomic E-state index is 9.52. The van der Waals surface area contributed by atoms with Gasteiger partial charge in [-0.15, -0.1) is 0 Å². The van der Waals surface area contributed by atoms with Gasteiger partial charge in [0, 0.05) is 11.3 Å². The number of hydrogen-bond acceptors (Lipinski definition) is 1. The molecule has 0 atom stereocenters. The van der Waals surface area contributed by atoms with Crippen molar-refractivity contribution in [3.8, 4) is 17.2 Å². The number of nitriles is 1. The van der Waals surface area contributed by atoms with Crippen LogP contribution in [-0.2, 0) is 12.8 Å². The fourth-order valence-corrected chi connectivity index (χ4v) is 3.32. The molecule has 2 nitrogen and oxygen atoms in total. The van der Waals surface area contributed by atoms with Crippen LogP contribution in [0.4, 0.5) is 0 Å². The van der Waals surface area contributed by atoms with Crippen LogP contribution in [-0.4, -0.2) is 4.98 Å². The van der Waals surface area contributed by atoms with Gasteiger partial charge in [0.05, 0.1) is 0 Å². The Kier molecular flexibility index (Phi) is 3.83. The van der Waals surface area contributed by atoms with Crippen LogP contribution in [0, 0.1) is 38.0 Å². The number of aryl methyl sites for hydroxylation is 2. The Balaban J connectivity index is 2.22. The van der Waals surface area contributed by atoms with Crippen LogP contribution in [0.5, 0.6) is 0 Å². The van der Waals surface area contributed by atoms with Gasteiger partial charge in [-0.1, -0.05) is 19.1 Å². The number of H-pyrrole nitrogens is 1. The molecule has 22 heavy (non-hydrogen) atoms. The summed E-state index contributed by atoms with van der Waals surface area (Å²) in [5.41, 5.74) is 9.86. The Labute approximate surface area is 133 Å². The molecule has 0 amide bonds. The summed E-state index contributed by atoms with van der Waals surface area (Å²) in [5.74, 6) is 0.776. The first-order valence-electron chi connectivity index (χ1n) is 8.27. The summed E-state index contributed by atoms with van der Waals surface area (Å²) < 4.78 is 0. The SMILES string of the molecule is CCc1[nH]c(C#N)c(CC2CC2)c1-c1ccc(C)c(C)c1C. The lowest BCUT2D eigenvalue weighted by Crippen LogP contribution is -1.97. The quantitative estimate of drug-likeness (QED) is 0.847. The number of nitrogens with zero attached hydrogens (tertiary/aromatic N) is 1. The van der Waals surface area contributed by atoms with Crippen molar-refractivity contribution in [2.24, 2.45) is 5.92 Å². The highest BCUT2D eigenvalue weighted by molar-refractivity contribution is 5.77. The van der Waals surface area contributed by atoms with Crippen molar-refractivity contribution >= 4 is 0 Å². The second-order valence-corrected chi connectivity index (χ2v) is 6.62. The van der Waals surface area contributed by atoms with Crippen molar-refractivity contribution in [3.63, 3.8) is 0 Å². The molecule has 1 saturated carbocycles. The predicted octanol–water partition coefficient (Wildman–Crippen LogP) is 4.99. The first kappa shape index (κ1) is 14.9. The average molecular weight is 292 g/mol. The molecule has 1 N–H and O–H groups in total. The molecule has 1 aromatic carbocycles. The third kappa shape index (κ3) is 2.46. The molecule has 0 spiro atoms. The molecule has 1 aromatic heterocycles. The van der Waals surface area contributed by atoms with Crippen LogP contribution >= 0.6 is 0 Å². The summed E-state index contributed by atoms with van der Waals surface area (Å²) in [4.78, 5) is 3.38. The molecule has 3 rings (SSSR count). The number of benzene rings is 1. The van der Waals surface area contributed by atoms with E-state index in [-0.39, 0.29) is 0 Å². The zero-order chi connectivity index (χ0) is 15.9. The van der Waals surface area contributed by atoms with E-state index in [1.807, 2.05) is 0 Å². The molecule has 2 aromatic rings. The molecule has 1 aliphatic carbocycles. The Morgan fingerprint density at radius 1 is 1.18 bits per heavy atom. The van der Waals surface area contributed by atoms with Gasteiger partial charge in [0.15, 0.2) is 0 Å². The highest BCUT2D eigenvalue weighted by Gasteiger charge is 2.27. The van der Waals surface area contributed by atoms with Crippen molar-refractivity contribution in [1.29, 1.82) is 5.26 Å². The van der Waals surface area contributed by atoms with Crippen molar-refractivity contribution in [1.82, 2.24) is 4.98 Å². The first-order valence-corrected chi connectivity index (χ1v) is 8.27. The lowest BCUT2D eigenvalue weighted by atomic mass is 9.89. The van der Waals surface area contributed by atoms with E-state index in [4.69, 9.17) is 0 Å². The molecule has 0 bridgehead atoms. The Bertz CT molecular complexity index is 755. The standard InChI is InChI=1S/C20H24N2/c1-5-18-20(16-9-6-12(2)13(3)14(16)4)17(10-15-7-8-15)19(11-21)22-18/h6,9,15,22H,5,7-8,10H2,1-4H3. The first-order chi connectivity index (χ1) is 10.6. The molecule has 1 heterocycles. The second-order valence-electron chi connectivity index (χ2n) is 6.62. The normalized spacial score (nSPS) is 14.1. The van der Waals surface area contributed by atoms with Crippen molar-refractivity contribution < 1.29 is 0 Å². The van der Waals surface area contributed by atoms with Gasteiger partial charge in [0.25, 0.3) is 0 Å². The monoisotopic (exact) mass is 292 g/mol. The summed E-state index contributed by atoms with van der Waals surface area (Å²) >= 11 is 0. The van der Waals surface area contributed by atoms with Gasteiger partial charge in [0.1, 0.15) is 11.8 Å². The van der Waals surface area contributed by atoms with Crippen molar-refractivity contribution in [2.45, 2.75) is 53.4 Å². The molecule has 0 aliphatic heterocycles. The summed E-state index contributed by atoms with van der Waals surface area (Å²) in [7, 11) is 0. The molecule has 0 radical (unpaired) electrons. The number of aromatic amines is 1. The van der Waals surface area contributed by atoms with Crippen LogP contribution in [0.2, 0.25) is 0 Å². The minimum atomic E-state index is 0.774. The van der Waals surface area contributed by atoms with E-state index in [2.05, 4.69) is 50.9 Å². The number of aromatic nitrogens is 1. The number of nitrogens with one attached hydrogen (secondary N) is 1. The molecular formula is C20H24N2. The molecule has 0 unspecified atom stereocenters. The van der Waals surface area contributed by atoms with Crippen molar-refractivity contribution in [3.05, 3.63) is 45.8 Å². The van der Waals surface area contributed by atoms with Crippen LogP contribution in [0.25, 0.3) is 11.1 Å². The summed E-state index contributed by atoms with van der Waals surface area (Å²) in [5, 5.41) is 9.52. The van der Waals surface area contributed by atoms with Crippen LogP contribution in [0.1, 0.15) is 53.4 Å². The summed E-state index contributed by atoms with van der Waals surface area (Å²) in [6, 6.07) is 6.82. The molecule has 114 valence electrons. The highest BCUT2D eigenvalue weighted by atomic mass is 14.7. The van der Waals surface area contributed by atoms with Gasteiger partial charge in [0.2, 0.25) is 0 Å².